The molecule has 0 aliphatic heterocycles. The number of amides is 1. The molecule has 184 valence electrons. The Morgan fingerprint density at radius 1 is 1.11 bits per heavy atom. The van der Waals surface area contributed by atoms with E-state index < -0.39 is 34.8 Å². The van der Waals surface area contributed by atoms with Gasteiger partial charge in [0, 0.05) is 35.3 Å². The number of hydrogen-bond donors (Lipinski definition) is 3. The molecule has 2 saturated carbocycles. The number of nitrogens with zero attached hydrogens (tertiary/aromatic N) is 1. The predicted molar refractivity (Wildman–Crippen MR) is 123 cm³/mol. The number of carbonyl (C=O) groups excluding carboxylic acids is 1. The molecule has 2 aromatic carbocycles. The van der Waals surface area contributed by atoms with Crippen molar-refractivity contribution < 1.29 is 32.3 Å². The highest BCUT2D eigenvalue weighted by molar-refractivity contribution is 6.13. The van der Waals surface area contributed by atoms with Crippen molar-refractivity contribution in [1.82, 2.24) is 0 Å². The maximum Gasteiger partial charge on any atom is 0.416 e. The van der Waals surface area contributed by atoms with E-state index in [0.29, 0.717) is 17.2 Å². The van der Waals surface area contributed by atoms with E-state index in [1.54, 1.807) is 0 Å². The largest absolute Gasteiger partial charge is 0.478 e. The first-order valence-corrected chi connectivity index (χ1v) is 11.1. The lowest BCUT2D eigenvalue weighted by atomic mass is 9.92. The van der Waals surface area contributed by atoms with Gasteiger partial charge >= 0.3 is 12.1 Å². The number of nitrogens with two attached hydrogens (primary N) is 1. The molecule has 6 nitrogen and oxygen atoms in total. The van der Waals surface area contributed by atoms with Gasteiger partial charge in [-0.05, 0) is 61.9 Å². The van der Waals surface area contributed by atoms with Crippen molar-refractivity contribution in [1.29, 1.82) is 0 Å². The molecule has 4 N–H and O–H groups in total. The van der Waals surface area contributed by atoms with Crippen molar-refractivity contribution in [3.63, 3.8) is 0 Å². The number of carboxylic acid groups (broad SMARTS) is 1. The van der Waals surface area contributed by atoms with Crippen molar-refractivity contribution in [2.75, 3.05) is 5.32 Å². The minimum Gasteiger partial charge on any atom is -0.478 e. The number of carbonyl (C=O) groups is 2. The molecule has 2 fully saturated rings. The summed E-state index contributed by atoms with van der Waals surface area (Å²) in [4.78, 5) is 29.3. The van der Waals surface area contributed by atoms with Crippen LogP contribution in [0.5, 0.6) is 0 Å². The van der Waals surface area contributed by atoms with Crippen LogP contribution in [0.3, 0.4) is 0 Å². The summed E-state index contributed by atoms with van der Waals surface area (Å²) in [6.45, 7) is 0. The average Bonchev–Trinajstić information content (AvgIpc) is 3.57. The molecule has 0 aromatic heterocycles. The summed E-state index contributed by atoms with van der Waals surface area (Å²) in [5.41, 5.74) is 3.89. The number of halogens is 4. The van der Waals surface area contributed by atoms with E-state index in [1.807, 2.05) is 0 Å². The highest BCUT2D eigenvalue weighted by Crippen LogP contribution is 2.50. The maximum absolute atomic E-state index is 14.5. The molecule has 0 radical (unpaired) electrons. The van der Waals surface area contributed by atoms with Crippen molar-refractivity contribution >= 4 is 29.4 Å². The van der Waals surface area contributed by atoms with Gasteiger partial charge in [0.25, 0.3) is 0 Å². The molecule has 0 atom stereocenters. The first kappa shape index (κ1) is 24.4. The summed E-state index contributed by atoms with van der Waals surface area (Å²) in [5, 5.41) is 12.3. The smallest absolute Gasteiger partial charge is 0.416 e. The lowest BCUT2D eigenvalue weighted by Crippen LogP contribution is -2.29. The van der Waals surface area contributed by atoms with E-state index in [0.717, 1.165) is 31.4 Å². The summed E-state index contributed by atoms with van der Waals surface area (Å²) in [7, 11) is 0. The van der Waals surface area contributed by atoms with Gasteiger partial charge in [0.05, 0.1) is 16.5 Å². The first-order valence-electron chi connectivity index (χ1n) is 11.1. The number of allylic oxidation sites excluding steroid dienone is 1. The Kier molecular flexibility index (Phi) is 6.40. The van der Waals surface area contributed by atoms with Crippen LogP contribution in [0.4, 0.5) is 23.2 Å². The molecule has 35 heavy (non-hydrogen) atoms. The number of rotatable bonds is 7. The quantitative estimate of drug-likeness (QED) is 0.370. The van der Waals surface area contributed by atoms with Crippen LogP contribution in [0.15, 0.2) is 47.6 Å². The Morgan fingerprint density at radius 3 is 2.34 bits per heavy atom. The third kappa shape index (κ3) is 4.91. The summed E-state index contributed by atoms with van der Waals surface area (Å²) in [5.74, 6) is -2.98. The van der Waals surface area contributed by atoms with Crippen LogP contribution in [0, 0.1) is 5.82 Å². The minimum atomic E-state index is -4.70. The topological polar surface area (TPSA) is 105 Å². The predicted octanol–water partition coefficient (Wildman–Crippen LogP) is 5.14. The second-order valence-electron chi connectivity index (χ2n) is 8.78. The van der Waals surface area contributed by atoms with Crippen molar-refractivity contribution in [3.05, 3.63) is 70.7 Å². The highest BCUT2D eigenvalue weighted by atomic mass is 19.4. The molecule has 0 spiro atoms. The Bertz CT molecular complexity index is 1230. The average molecular weight is 489 g/mol. The van der Waals surface area contributed by atoms with E-state index in [9.17, 15) is 32.3 Å². The van der Waals surface area contributed by atoms with E-state index >= 15 is 0 Å². The van der Waals surface area contributed by atoms with Crippen molar-refractivity contribution in [2.45, 2.75) is 49.7 Å². The molecule has 1 amide bonds. The fraction of sp³-hybridized carbons (Fsp3) is 0.320. The third-order valence-electron chi connectivity index (χ3n) is 6.49. The lowest BCUT2D eigenvalue weighted by molar-refractivity contribution is -0.137. The van der Waals surface area contributed by atoms with Crippen LogP contribution in [0.1, 0.15) is 59.2 Å². The fourth-order valence-electron chi connectivity index (χ4n) is 4.05. The van der Waals surface area contributed by atoms with Gasteiger partial charge in [-0.25, -0.2) is 9.18 Å². The number of hydrogen-bond acceptors (Lipinski definition) is 4. The van der Waals surface area contributed by atoms with Gasteiger partial charge in [-0.1, -0.05) is 12.1 Å². The zero-order valence-electron chi connectivity index (χ0n) is 18.5. The Hall–Kier alpha value is -3.69. The molecule has 4 rings (SSSR count). The second-order valence-corrected chi connectivity index (χ2v) is 8.78. The number of anilines is 1. The number of alkyl halides is 3. The van der Waals surface area contributed by atoms with E-state index in [-0.39, 0.29) is 35.7 Å². The third-order valence-corrected chi connectivity index (χ3v) is 6.49. The Labute approximate surface area is 198 Å². The summed E-state index contributed by atoms with van der Waals surface area (Å²) >= 11 is 0. The number of aliphatic imine (C=N–C) groups is 1. The summed E-state index contributed by atoms with van der Waals surface area (Å²) in [6.07, 6.45) is 1.62. The van der Waals surface area contributed by atoms with Crippen LogP contribution in [-0.2, 0) is 16.4 Å². The molecule has 10 heteroatoms. The zero-order chi connectivity index (χ0) is 25.4. The highest BCUT2D eigenvalue weighted by Gasteiger charge is 2.53. The van der Waals surface area contributed by atoms with Gasteiger partial charge in [-0.2, -0.15) is 13.2 Å². The second kappa shape index (κ2) is 9.16. The van der Waals surface area contributed by atoms with E-state index in [2.05, 4.69) is 10.3 Å². The molecule has 0 saturated heterocycles. The van der Waals surface area contributed by atoms with Crippen LogP contribution in [0.25, 0.3) is 5.57 Å². The number of aromatic carboxylic acids is 1. The van der Waals surface area contributed by atoms with Crippen molar-refractivity contribution in [2.24, 2.45) is 10.7 Å². The van der Waals surface area contributed by atoms with Crippen LogP contribution in [-0.4, -0.2) is 29.2 Å². The van der Waals surface area contributed by atoms with E-state index in [1.165, 1.54) is 30.6 Å². The molecule has 0 unspecified atom stereocenters. The Balaban J connectivity index is 1.57. The summed E-state index contributed by atoms with van der Waals surface area (Å²) < 4.78 is 53.1. The lowest BCUT2D eigenvalue weighted by Gasteiger charge is -2.21. The minimum absolute atomic E-state index is 0.120. The Morgan fingerprint density at radius 2 is 1.83 bits per heavy atom. The first-order chi connectivity index (χ1) is 16.5. The van der Waals surface area contributed by atoms with Gasteiger partial charge in [0.15, 0.2) is 0 Å². The van der Waals surface area contributed by atoms with Crippen LogP contribution < -0.4 is 11.1 Å². The van der Waals surface area contributed by atoms with Gasteiger partial charge < -0.3 is 16.2 Å². The molecule has 0 heterocycles. The molecular weight excluding hydrogens is 466 g/mol. The SMILES string of the molecule is NC=C(C=NC1CCC1)c1ccc(NC(=O)C2(c3ccc(C(F)(F)F)cc3F)CC2)cc1C(=O)O. The van der Waals surface area contributed by atoms with Crippen LogP contribution >= 0.6 is 0 Å². The van der Waals surface area contributed by atoms with Gasteiger partial charge in [-0.3, -0.25) is 9.79 Å². The monoisotopic (exact) mass is 489 g/mol. The standard InChI is InChI=1S/C25H23F4N3O3/c26-21-10-15(25(27,28)29)4-7-20(21)24(8-9-24)23(35)32-17-5-6-18(19(11-17)22(33)34)14(12-30)13-31-16-2-1-3-16/h4-7,10-13,16H,1-3,8-9,30H2,(H,32,35)(H,33,34). The molecule has 0 bridgehead atoms. The van der Waals surface area contributed by atoms with Crippen LogP contribution in [0.2, 0.25) is 0 Å². The maximum atomic E-state index is 14.5. The van der Waals surface area contributed by atoms with E-state index in [4.69, 9.17) is 5.73 Å². The van der Waals surface area contributed by atoms with Gasteiger partial charge in [-0.15, -0.1) is 0 Å². The number of carboxylic acids is 1. The molecule has 2 aliphatic carbocycles. The normalized spacial score (nSPS) is 17.8. The number of nitrogens with one attached hydrogen (secondary N) is 1. The van der Waals surface area contributed by atoms with Gasteiger partial charge in [0.2, 0.25) is 5.91 Å². The zero-order valence-corrected chi connectivity index (χ0v) is 18.5. The summed E-state index contributed by atoms with van der Waals surface area (Å²) in [6, 6.07) is 6.53. The molecule has 2 aromatic rings. The fourth-order valence-corrected chi connectivity index (χ4v) is 4.05. The van der Waals surface area contributed by atoms with Gasteiger partial charge in [0.1, 0.15) is 5.82 Å². The molecule has 2 aliphatic rings. The molecular formula is C25H23F4N3O3. The van der Waals surface area contributed by atoms with Crippen molar-refractivity contribution in [3.8, 4) is 0 Å². The number of benzene rings is 2.